The summed E-state index contributed by atoms with van der Waals surface area (Å²) in [4.78, 5) is 27.7. The van der Waals surface area contributed by atoms with Gasteiger partial charge < -0.3 is 10.0 Å². The molecule has 1 aliphatic rings. The van der Waals surface area contributed by atoms with Crippen LogP contribution in [0.3, 0.4) is 0 Å². The van der Waals surface area contributed by atoms with E-state index in [0.29, 0.717) is 22.2 Å². The Morgan fingerprint density at radius 1 is 0.909 bits per heavy atom. The van der Waals surface area contributed by atoms with E-state index >= 15 is 0 Å². The molecule has 0 spiro atoms. The summed E-state index contributed by atoms with van der Waals surface area (Å²) in [7, 11) is 0. The average Bonchev–Trinajstić information content (AvgIpc) is 3.09. The normalized spacial score (nSPS) is 14.7. The van der Waals surface area contributed by atoms with Crippen molar-refractivity contribution in [3.8, 4) is 0 Å². The number of amides is 1. The van der Waals surface area contributed by atoms with Crippen LogP contribution in [0.2, 0.25) is 0 Å². The van der Waals surface area contributed by atoms with E-state index in [1.165, 1.54) is 16.7 Å². The molecule has 0 radical (unpaired) electrons. The van der Waals surface area contributed by atoms with Crippen LogP contribution in [-0.4, -0.2) is 32.7 Å². The Labute approximate surface area is 202 Å². The summed E-state index contributed by atoms with van der Waals surface area (Å²) in [6, 6.07) is 28.3. The van der Waals surface area contributed by atoms with E-state index in [0.717, 1.165) is 22.6 Å². The second-order valence-electron chi connectivity index (χ2n) is 7.43. The second kappa shape index (κ2) is 10.5. The van der Waals surface area contributed by atoms with Crippen molar-refractivity contribution >= 4 is 63.3 Å². The van der Waals surface area contributed by atoms with Gasteiger partial charge in [0.05, 0.1) is 4.91 Å². The highest BCUT2D eigenvalue weighted by atomic mass is 32.2. The Bertz CT molecular complexity index is 1140. The Morgan fingerprint density at radius 3 is 2.00 bits per heavy atom. The Balaban J connectivity index is 1.55. The summed E-state index contributed by atoms with van der Waals surface area (Å²) in [6.45, 7) is 0.316. The van der Waals surface area contributed by atoms with E-state index in [1.54, 1.807) is 0 Å². The van der Waals surface area contributed by atoms with Gasteiger partial charge in [0, 0.05) is 30.0 Å². The standard InChI is InChI=1S/C26H22N2O3S2/c29-24(30)12-7-17-27-25(31)23(33-26(27)32)18-19-13-15-22(16-14-19)28(20-8-3-1-4-9-20)21-10-5-2-6-11-21/h1-6,8-11,13-16,18H,7,12,17H2,(H,29,30). The number of carboxylic acid groups (broad SMARTS) is 1. The van der Waals surface area contributed by atoms with Crippen molar-refractivity contribution in [3.05, 3.63) is 95.4 Å². The number of carbonyl (C=O) groups excluding carboxylic acids is 1. The lowest BCUT2D eigenvalue weighted by Crippen LogP contribution is -2.29. The fourth-order valence-corrected chi connectivity index (χ4v) is 4.86. The quantitative estimate of drug-likeness (QED) is 0.309. The molecule has 1 saturated heterocycles. The van der Waals surface area contributed by atoms with Crippen molar-refractivity contribution < 1.29 is 14.7 Å². The first-order valence-corrected chi connectivity index (χ1v) is 11.7. The molecule has 1 amide bonds. The third-order valence-electron chi connectivity index (χ3n) is 5.12. The highest BCUT2D eigenvalue weighted by molar-refractivity contribution is 8.26. The molecule has 3 aromatic rings. The maximum atomic E-state index is 12.7. The van der Waals surface area contributed by atoms with Gasteiger partial charge in [-0.05, 0) is 54.5 Å². The van der Waals surface area contributed by atoms with Crippen LogP contribution in [0.5, 0.6) is 0 Å². The number of thioether (sulfide) groups is 1. The minimum atomic E-state index is -0.879. The zero-order chi connectivity index (χ0) is 23.2. The van der Waals surface area contributed by atoms with Crippen molar-refractivity contribution in [2.45, 2.75) is 12.8 Å². The molecule has 7 heteroatoms. The number of benzene rings is 3. The molecule has 0 aliphatic carbocycles. The highest BCUT2D eigenvalue weighted by Crippen LogP contribution is 2.36. The van der Waals surface area contributed by atoms with Gasteiger partial charge in [-0.25, -0.2) is 0 Å². The first-order valence-electron chi connectivity index (χ1n) is 10.5. The molecule has 0 bridgehead atoms. The maximum absolute atomic E-state index is 12.7. The largest absolute Gasteiger partial charge is 0.481 e. The molecule has 0 unspecified atom stereocenters. The number of aliphatic carboxylic acids is 1. The third kappa shape index (κ3) is 5.50. The van der Waals surface area contributed by atoms with Crippen LogP contribution in [0.25, 0.3) is 6.08 Å². The van der Waals surface area contributed by atoms with Crippen molar-refractivity contribution in [3.63, 3.8) is 0 Å². The summed E-state index contributed by atoms with van der Waals surface area (Å²) in [5.41, 5.74) is 4.01. The van der Waals surface area contributed by atoms with E-state index in [2.05, 4.69) is 29.2 Å². The van der Waals surface area contributed by atoms with Gasteiger partial charge >= 0.3 is 5.97 Å². The van der Waals surface area contributed by atoms with Crippen molar-refractivity contribution in [2.24, 2.45) is 0 Å². The monoisotopic (exact) mass is 474 g/mol. The number of thiocarbonyl (C=S) groups is 1. The fraction of sp³-hybridized carbons (Fsp3) is 0.115. The van der Waals surface area contributed by atoms with Crippen molar-refractivity contribution in [1.82, 2.24) is 4.90 Å². The summed E-state index contributed by atoms with van der Waals surface area (Å²) < 4.78 is 0.465. The van der Waals surface area contributed by atoms with Crippen LogP contribution >= 0.6 is 24.0 Å². The molecule has 3 aromatic carbocycles. The van der Waals surface area contributed by atoms with Crippen LogP contribution in [0.15, 0.2) is 89.8 Å². The van der Waals surface area contributed by atoms with Crippen LogP contribution in [0.4, 0.5) is 17.1 Å². The first-order chi connectivity index (χ1) is 16.0. The molecule has 1 N–H and O–H groups in total. The van der Waals surface area contributed by atoms with Gasteiger partial charge in [-0.3, -0.25) is 14.5 Å². The van der Waals surface area contributed by atoms with Gasteiger partial charge in [-0.15, -0.1) is 0 Å². The zero-order valence-electron chi connectivity index (χ0n) is 17.8. The molecule has 166 valence electrons. The van der Waals surface area contributed by atoms with E-state index < -0.39 is 5.97 Å². The third-order valence-corrected chi connectivity index (χ3v) is 6.50. The average molecular weight is 475 g/mol. The lowest BCUT2D eigenvalue weighted by atomic mass is 10.1. The molecular weight excluding hydrogens is 452 g/mol. The summed E-state index contributed by atoms with van der Waals surface area (Å²) in [5, 5.41) is 8.82. The van der Waals surface area contributed by atoms with Crippen molar-refractivity contribution in [1.29, 1.82) is 0 Å². The summed E-state index contributed by atoms with van der Waals surface area (Å²) >= 11 is 6.58. The van der Waals surface area contributed by atoms with Crippen LogP contribution in [-0.2, 0) is 9.59 Å². The Hall–Kier alpha value is -3.42. The highest BCUT2D eigenvalue weighted by Gasteiger charge is 2.31. The van der Waals surface area contributed by atoms with E-state index in [4.69, 9.17) is 17.3 Å². The number of hydrogen-bond donors (Lipinski definition) is 1. The molecule has 1 fully saturated rings. The van der Waals surface area contributed by atoms with Gasteiger partial charge in [-0.2, -0.15) is 0 Å². The van der Waals surface area contributed by atoms with Gasteiger partial charge in [-0.1, -0.05) is 72.5 Å². The Morgan fingerprint density at radius 2 is 1.45 bits per heavy atom. The molecular formula is C26H22N2O3S2. The fourth-order valence-electron chi connectivity index (χ4n) is 3.55. The lowest BCUT2D eigenvalue weighted by Gasteiger charge is -2.25. The van der Waals surface area contributed by atoms with Crippen molar-refractivity contribution in [2.75, 3.05) is 11.4 Å². The molecule has 0 atom stereocenters. The minimum absolute atomic E-state index is 0.0108. The van der Waals surface area contributed by atoms with E-state index in [9.17, 15) is 9.59 Å². The summed E-state index contributed by atoms with van der Waals surface area (Å²) in [6.07, 6.45) is 2.21. The molecule has 5 nitrogen and oxygen atoms in total. The number of hydrogen-bond acceptors (Lipinski definition) is 5. The SMILES string of the molecule is O=C(O)CCCN1C(=O)C(=Cc2ccc(N(c3ccccc3)c3ccccc3)cc2)SC1=S. The molecule has 4 rings (SSSR count). The molecule has 33 heavy (non-hydrogen) atoms. The van der Waals surface area contributed by atoms with Crippen LogP contribution in [0.1, 0.15) is 18.4 Å². The summed E-state index contributed by atoms with van der Waals surface area (Å²) in [5.74, 6) is -1.05. The lowest BCUT2D eigenvalue weighted by molar-refractivity contribution is -0.137. The molecule has 1 heterocycles. The minimum Gasteiger partial charge on any atom is -0.481 e. The topological polar surface area (TPSA) is 60.9 Å². The number of nitrogens with zero attached hydrogens (tertiary/aromatic N) is 2. The number of para-hydroxylation sites is 2. The number of anilines is 3. The number of carbonyl (C=O) groups is 2. The van der Waals surface area contributed by atoms with Gasteiger partial charge in [0.2, 0.25) is 0 Å². The zero-order valence-corrected chi connectivity index (χ0v) is 19.4. The van der Waals surface area contributed by atoms with Gasteiger partial charge in [0.15, 0.2) is 0 Å². The predicted octanol–water partition coefficient (Wildman–Crippen LogP) is 6.22. The smallest absolute Gasteiger partial charge is 0.303 e. The molecule has 0 saturated carbocycles. The second-order valence-corrected chi connectivity index (χ2v) is 9.10. The molecule has 0 aromatic heterocycles. The maximum Gasteiger partial charge on any atom is 0.303 e. The molecule has 1 aliphatic heterocycles. The predicted molar refractivity (Wildman–Crippen MR) is 138 cm³/mol. The van der Waals surface area contributed by atoms with Gasteiger partial charge in [0.1, 0.15) is 4.32 Å². The number of carboxylic acids is 1. The van der Waals surface area contributed by atoms with E-state index in [-0.39, 0.29) is 12.3 Å². The van der Waals surface area contributed by atoms with Crippen LogP contribution < -0.4 is 4.90 Å². The van der Waals surface area contributed by atoms with Crippen LogP contribution in [0, 0.1) is 0 Å². The van der Waals surface area contributed by atoms with E-state index in [1.807, 2.05) is 66.7 Å². The van der Waals surface area contributed by atoms with Gasteiger partial charge in [0.25, 0.3) is 5.91 Å². The Kier molecular flexibility index (Phi) is 7.22. The first kappa shape index (κ1) is 22.8. The number of rotatable bonds is 8.